The first-order valence-electron chi connectivity index (χ1n) is 6.85. The highest BCUT2D eigenvalue weighted by Crippen LogP contribution is 2.20. The van der Waals surface area contributed by atoms with Gasteiger partial charge in [-0.3, -0.25) is 0 Å². The number of hydrogen-bond acceptors (Lipinski definition) is 4. The van der Waals surface area contributed by atoms with Crippen LogP contribution in [0.15, 0.2) is 29.2 Å². The number of rotatable bonds is 9. The van der Waals surface area contributed by atoms with Crippen LogP contribution in [0.1, 0.15) is 26.7 Å². The first-order valence-corrected chi connectivity index (χ1v) is 8.33. The fourth-order valence-electron chi connectivity index (χ4n) is 1.73. The van der Waals surface area contributed by atoms with Crippen molar-refractivity contribution in [2.45, 2.75) is 37.7 Å². The molecule has 0 heterocycles. The van der Waals surface area contributed by atoms with Gasteiger partial charge in [-0.2, -0.15) is 0 Å². The van der Waals surface area contributed by atoms with Gasteiger partial charge >= 0.3 is 0 Å². The second-order valence-electron chi connectivity index (χ2n) is 4.76. The van der Waals surface area contributed by atoms with Crippen LogP contribution in [0, 0.1) is 0 Å². The third kappa shape index (κ3) is 5.48. The second kappa shape index (κ2) is 8.24. The molecule has 1 rings (SSSR count). The Bertz CT molecular complexity index is 501. The van der Waals surface area contributed by atoms with Crippen LogP contribution in [0.25, 0.3) is 0 Å². The Labute approximate surface area is 121 Å². The van der Waals surface area contributed by atoms with Crippen LogP contribution < -0.4 is 10.0 Å². The van der Waals surface area contributed by atoms with E-state index in [1.807, 2.05) is 19.9 Å². The molecule has 0 saturated heterocycles. The lowest BCUT2D eigenvalue weighted by Gasteiger charge is -2.12. The van der Waals surface area contributed by atoms with Crippen LogP contribution in [0.5, 0.6) is 0 Å². The topological polar surface area (TPSA) is 67.4 Å². The van der Waals surface area contributed by atoms with E-state index in [9.17, 15) is 8.42 Å². The monoisotopic (exact) mass is 300 g/mol. The van der Waals surface area contributed by atoms with Crippen LogP contribution in [-0.4, -0.2) is 34.7 Å². The van der Waals surface area contributed by atoms with Crippen molar-refractivity contribution >= 4 is 15.7 Å². The number of nitrogens with one attached hydrogen (secondary N) is 2. The van der Waals surface area contributed by atoms with Crippen LogP contribution in [0.2, 0.25) is 0 Å². The molecule has 0 spiro atoms. The third-order valence-corrected chi connectivity index (χ3v) is 4.26. The van der Waals surface area contributed by atoms with Gasteiger partial charge in [0.1, 0.15) is 4.90 Å². The minimum atomic E-state index is -3.42. The predicted molar refractivity (Wildman–Crippen MR) is 81.5 cm³/mol. The first kappa shape index (κ1) is 16.9. The molecule has 6 heteroatoms. The van der Waals surface area contributed by atoms with E-state index >= 15 is 0 Å². The van der Waals surface area contributed by atoms with E-state index in [0.29, 0.717) is 5.69 Å². The standard InChI is InChI=1S/C14H24N2O3S/c1-12(2)19-11-7-6-10-16-13-8-4-5-9-14(13)20(17,18)15-3/h4-5,8-9,12,15-16H,6-7,10-11H2,1-3H3. The minimum absolute atomic E-state index is 0.254. The Hall–Kier alpha value is -1.11. The number of para-hydroxylation sites is 1. The van der Waals surface area contributed by atoms with Gasteiger partial charge in [0.15, 0.2) is 0 Å². The number of benzene rings is 1. The van der Waals surface area contributed by atoms with Gasteiger partial charge in [-0.1, -0.05) is 12.1 Å². The van der Waals surface area contributed by atoms with Gasteiger partial charge in [0, 0.05) is 13.2 Å². The summed E-state index contributed by atoms with van der Waals surface area (Å²) in [4.78, 5) is 0.279. The molecule has 1 aromatic rings. The van der Waals surface area contributed by atoms with Crippen molar-refractivity contribution in [3.05, 3.63) is 24.3 Å². The molecule has 2 N–H and O–H groups in total. The molecular formula is C14H24N2O3S. The van der Waals surface area contributed by atoms with E-state index in [0.717, 1.165) is 26.0 Å². The molecular weight excluding hydrogens is 276 g/mol. The molecule has 0 atom stereocenters. The molecule has 0 aromatic heterocycles. The van der Waals surface area contributed by atoms with E-state index in [-0.39, 0.29) is 11.0 Å². The summed E-state index contributed by atoms with van der Waals surface area (Å²) >= 11 is 0. The maximum absolute atomic E-state index is 11.9. The first-order chi connectivity index (χ1) is 9.47. The zero-order valence-corrected chi connectivity index (χ0v) is 13.2. The molecule has 0 radical (unpaired) electrons. The minimum Gasteiger partial charge on any atom is -0.384 e. The molecule has 0 amide bonds. The van der Waals surface area contributed by atoms with Gasteiger partial charge in [0.2, 0.25) is 10.0 Å². The molecule has 0 bridgehead atoms. The second-order valence-corrected chi connectivity index (χ2v) is 6.61. The lowest BCUT2D eigenvalue weighted by Crippen LogP contribution is -2.20. The Morgan fingerprint density at radius 2 is 1.90 bits per heavy atom. The zero-order valence-electron chi connectivity index (χ0n) is 12.3. The average Bonchev–Trinajstić information content (AvgIpc) is 2.42. The Morgan fingerprint density at radius 1 is 1.20 bits per heavy atom. The Balaban J connectivity index is 2.49. The normalized spacial score (nSPS) is 11.8. The SMILES string of the molecule is CNS(=O)(=O)c1ccccc1NCCCCOC(C)C. The number of unbranched alkanes of at least 4 members (excludes halogenated alkanes) is 1. The number of sulfonamides is 1. The average molecular weight is 300 g/mol. The fourth-order valence-corrected chi connectivity index (χ4v) is 2.63. The molecule has 0 fully saturated rings. The Kier molecular flexibility index (Phi) is 6.98. The van der Waals surface area contributed by atoms with Crippen LogP contribution in [0.3, 0.4) is 0 Å². The van der Waals surface area contributed by atoms with E-state index in [4.69, 9.17) is 4.74 Å². The summed E-state index contributed by atoms with van der Waals surface area (Å²) in [7, 11) is -2.01. The summed E-state index contributed by atoms with van der Waals surface area (Å²) in [5.74, 6) is 0. The molecule has 1 aromatic carbocycles. The quantitative estimate of drug-likeness (QED) is 0.686. The van der Waals surface area contributed by atoms with Crippen molar-refractivity contribution < 1.29 is 13.2 Å². The number of ether oxygens (including phenoxy) is 1. The molecule has 20 heavy (non-hydrogen) atoms. The van der Waals surface area contributed by atoms with Gasteiger partial charge < -0.3 is 10.1 Å². The predicted octanol–water partition coefficient (Wildman–Crippen LogP) is 2.21. The van der Waals surface area contributed by atoms with E-state index < -0.39 is 10.0 Å². The summed E-state index contributed by atoms with van der Waals surface area (Å²) in [6.07, 6.45) is 2.14. The van der Waals surface area contributed by atoms with E-state index in [1.54, 1.807) is 18.2 Å². The molecule has 0 aliphatic rings. The molecule has 0 unspecified atom stereocenters. The van der Waals surface area contributed by atoms with Crippen LogP contribution in [-0.2, 0) is 14.8 Å². The van der Waals surface area contributed by atoms with Crippen molar-refractivity contribution in [1.29, 1.82) is 0 Å². The van der Waals surface area contributed by atoms with Crippen LogP contribution in [0.4, 0.5) is 5.69 Å². The molecule has 5 nitrogen and oxygen atoms in total. The fraction of sp³-hybridized carbons (Fsp3) is 0.571. The molecule has 0 aliphatic carbocycles. The van der Waals surface area contributed by atoms with Gasteiger partial charge in [0.05, 0.1) is 11.8 Å². The smallest absolute Gasteiger partial charge is 0.242 e. The van der Waals surface area contributed by atoms with E-state index in [1.165, 1.54) is 7.05 Å². The maximum Gasteiger partial charge on any atom is 0.242 e. The largest absolute Gasteiger partial charge is 0.384 e. The number of anilines is 1. The van der Waals surface area contributed by atoms with E-state index in [2.05, 4.69) is 10.0 Å². The van der Waals surface area contributed by atoms with Gasteiger partial charge in [-0.15, -0.1) is 0 Å². The maximum atomic E-state index is 11.9. The third-order valence-electron chi connectivity index (χ3n) is 2.78. The Morgan fingerprint density at radius 3 is 2.55 bits per heavy atom. The van der Waals surface area contributed by atoms with Gasteiger partial charge in [0.25, 0.3) is 0 Å². The lowest BCUT2D eigenvalue weighted by molar-refractivity contribution is 0.0765. The van der Waals surface area contributed by atoms with Crippen molar-refractivity contribution in [1.82, 2.24) is 4.72 Å². The lowest BCUT2D eigenvalue weighted by atomic mass is 10.3. The van der Waals surface area contributed by atoms with Crippen molar-refractivity contribution in [2.24, 2.45) is 0 Å². The molecule has 0 saturated carbocycles. The highest BCUT2D eigenvalue weighted by molar-refractivity contribution is 7.89. The summed E-state index contributed by atoms with van der Waals surface area (Å²) in [5.41, 5.74) is 0.631. The summed E-state index contributed by atoms with van der Waals surface area (Å²) in [6.45, 7) is 5.47. The van der Waals surface area contributed by atoms with Crippen LogP contribution >= 0.6 is 0 Å². The van der Waals surface area contributed by atoms with Crippen molar-refractivity contribution in [2.75, 3.05) is 25.5 Å². The van der Waals surface area contributed by atoms with Gasteiger partial charge in [-0.25, -0.2) is 13.1 Å². The zero-order chi connectivity index (χ0) is 15.0. The summed E-state index contributed by atoms with van der Waals surface area (Å²) in [5, 5.41) is 3.17. The highest BCUT2D eigenvalue weighted by Gasteiger charge is 2.15. The van der Waals surface area contributed by atoms with Crippen molar-refractivity contribution in [3.63, 3.8) is 0 Å². The highest BCUT2D eigenvalue weighted by atomic mass is 32.2. The summed E-state index contributed by atoms with van der Waals surface area (Å²) in [6, 6.07) is 6.90. The summed E-state index contributed by atoms with van der Waals surface area (Å²) < 4.78 is 31.5. The molecule has 114 valence electrons. The molecule has 0 aliphatic heterocycles. The van der Waals surface area contributed by atoms with Gasteiger partial charge in [-0.05, 0) is 45.9 Å². The number of hydrogen-bond donors (Lipinski definition) is 2. The van der Waals surface area contributed by atoms with Crippen molar-refractivity contribution in [3.8, 4) is 0 Å².